The number of esters is 2. The highest BCUT2D eigenvalue weighted by Crippen LogP contribution is 2.31. The predicted octanol–water partition coefficient (Wildman–Crippen LogP) is 4.15. The summed E-state index contributed by atoms with van der Waals surface area (Å²) in [6.07, 6.45) is 4.36. The van der Waals surface area contributed by atoms with Crippen molar-refractivity contribution >= 4 is 41.2 Å². The Morgan fingerprint density at radius 2 is 1.05 bits per heavy atom. The highest BCUT2D eigenvalue weighted by atomic mass is 16.6. The molecule has 0 bridgehead atoms. The van der Waals surface area contributed by atoms with E-state index in [-0.39, 0.29) is 43.1 Å². The van der Waals surface area contributed by atoms with Gasteiger partial charge in [-0.1, -0.05) is 30.4 Å². The molecule has 0 atom stereocenters. The Hall–Kier alpha value is -6.45. The Bertz CT molecular complexity index is 2050. The summed E-state index contributed by atoms with van der Waals surface area (Å²) in [5.74, 6) is -7.31. The number of carbonyl (C=O) groups excluding carboxylic acids is 5. The van der Waals surface area contributed by atoms with Gasteiger partial charge in [0, 0.05) is 16.7 Å². The quantitative estimate of drug-likeness (QED) is 0.0467. The van der Waals surface area contributed by atoms with Gasteiger partial charge in [0.2, 0.25) is 5.41 Å². The van der Waals surface area contributed by atoms with Crippen LogP contribution in [0.15, 0.2) is 91.0 Å². The van der Waals surface area contributed by atoms with Gasteiger partial charge in [-0.15, -0.1) is 0 Å². The fraction of sp³-hybridized carbons (Fsp3) is 0.293. The third kappa shape index (κ3) is 10.2. The molecule has 0 unspecified atom stereocenters. The maximum atomic E-state index is 13.4. The Balaban J connectivity index is 1.34. The van der Waals surface area contributed by atoms with Crippen molar-refractivity contribution in [1.29, 1.82) is 0 Å². The largest absolute Gasteiger partial charge is 0.490 e. The Morgan fingerprint density at radius 3 is 1.48 bits per heavy atom. The van der Waals surface area contributed by atoms with Gasteiger partial charge in [0.15, 0.2) is 17.3 Å². The molecular formula is C41H40O15. The van der Waals surface area contributed by atoms with Gasteiger partial charge >= 0.3 is 23.9 Å². The molecule has 4 rings (SSSR count). The minimum absolute atomic E-state index is 0.0989. The summed E-state index contributed by atoms with van der Waals surface area (Å²) in [6, 6.07) is 15.1. The number of carboxylic acids is 2. The first-order valence-corrected chi connectivity index (χ1v) is 17.1. The van der Waals surface area contributed by atoms with Crippen LogP contribution in [-0.4, -0.2) is 99.3 Å². The predicted molar refractivity (Wildman–Crippen MR) is 196 cm³/mol. The van der Waals surface area contributed by atoms with Crippen LogP contribution in [0, 0.1) is 11.3 Å². The molecule has 0 radical (unpaired) electrons. The van der Waals surface area contributed by atoms with Crippen molar-refractivity contribution in [2.24, 2.45) is 11.3 Å². The van der Waals surface area contributed by atoms with E-state index in [1.165, 1.54) is 94.4 Å². The van der Waals surface area contributed by atoms with Crippen molar-refractivity contribution in [2.75, 3.05) is 26.4 Å². The molecule has 0 fully saturated rings. The first-order chi connectivity index (χ1) is 26.2. The molecule has 15 nitrogen and oxygen atoms in total. The van der Waals surface area contributed by atoms with Crippen LogP contribution in [0.1, 0.15) is 79.5 Å². The fourth-order valence-electron chi connectivity index (χ4n) is 5.31. The highest BCUT2D eigenvalue weighted by Gasteiger charge is 2.45. The van der Waals surface area contributed by atoms with E-state index < -0.39 is 74.9 Å². The van der Waals surface area contributed by atoms with Crippen molar-refractivity contribution < 1.29 is 72.9 Å². The number of aromatic carboxylic acids is 1. The van der Waals surface area contributed by atoms with Crippen LogP contribution < -0.4 is 9.47 Å². The molecule has 56 heavy (non-hydrogen) atoms. The Labute approximate surface area is 320 Å². The number of carbonyl (C=O) groups is 7. The van der Waals surface area contributed by atoms with E-state index in [9.17, 15) is 54.0 Å². The van der Waals surface area contributed by atoms with Crippen molar-refractivity contribution in [3.8, 4) is 11.5 Å². The lowest BCUT2D eigenvalue weighted by atomic mass is 9.79. The van der Waals surface area contributed by atoms with Crippen molar-refractivity contribution in [1.82, 2.24) is 0 Å². The van der Waals surface area contributed by atoms with E-state index in [1.54, 1.807) is 0 Å². The average molecular weight is 773 g/mol. The second-order valence-electron chi connectivity index (χ2n) is 13.6. The Kier molecular flexibility index (Phi) is 13.1. The standard InChI is InChI=1S/C41H40O15/c1-39(2,51)33(43)25-5-10-28(11-6-25)53-19-21-55-36(47)31-23-27(9-14-30(31)35(45)46)32(42)24-15-17-41(18-16-24,37(48)49)38(50)56-22-20-54-29-12-7-26(8-13-29)34(44)40(3,4)52/h5-18,23-24,51-52H,19-22H2,1-4H3,(H,45,46)(H,48,49). The molecule has 0 aromatic heterocycles. The number of ether oxygens (including phenoxy) is 4. The summed E-state index contributed by atoms with van der Waals surface area (Å²) in [4.78, 5) is 87.9. The number of hydrogen-bond donors (Lipinski definition) is 4. The molecule has 3 aromatic rings. The summed E-state index contributed by atoms with van der Waals surface area (Å²) in [5.41, 5.74) is -5.82. The van der Waals surface area contributed by atoms with E-state index in [4.69, 9.17) is 18.9 Å². The number of ketones is 3. The van der Waals surface area contributed by atoms with Crippen molar-refractivity contribution in [2.45, 2.75) is 38.9 Å². The van der Waals surface area contributed by atoms with Crippen LogP contribution in [0.3, 0.4) is 0 Å². The molecule has 0 amide bonds. The van der Waals surface area contributed by atoms with Gasteiger partial charge in [0.05, 0.1) is 17.0 Å². The van der Waals surface area contributed by atoms with E-state index in [0.717, 1.165) is 24.3 Å². The third-order valence-corrected chi connectivity index (χ3v) is 8.40. The van der Waals surface area contributed by atoms with E-state index in [0.29, 0.717) is 11.5 Å². The summed E-state index contributed by atoms with van der Waals surface area (Å²) in [7, 11) is 0. The fourth-order valence-corrected chi connectivity index (χ4v) is 5.31. The SMILES string of the molecule is CC(C)(O)C(=O)c1ccc(OCCOC(=O)c2cc(C(=O)C3C=CC(C(=O)O)(C(=O)OCCOc4ccc(C(=O)C(C)(C)O)cc4)C=C3)ccc2C(=O)O)cc1. The van der Waals surface area contributed by atoms with Gasteiger partial charge in [-0.25, -0.2) is 9.59 Å². The van der Waals surface area contributed by atoms with Crippen molar-refractivity contribution in [3.63, 3.8) is 0 Å². The van der Waals surface area contributed by atoms with Gasteiger partial charge in [-0.3, -0.25) is 24.0 Å². The van der Waals surface area contributed by atoms with Crippen LogP contribution >= 0.6 is 0 Å². The van der Waals surface area contributed by atoms with Gasteiger partial charge < -0.3 is 39.4 Å². The summed E-state index contributed by atoms with van der Waals surface area (Å²) in [5, 5.41) is 39.4. The van der Waals surface area contributed by atoms with Crippen LogP contribution in [0.4, 0.5) is 0 Å². The maximum absolute atomic E-state index is 13.4. The lowest BCUT2D eigenvalue weighted by Crippen LogP contribution is -2.39. The number of aliphatic hydroxyl groups is 2. The van der Waals surface area contributed by atoms with Crippen LogP contribution in [-0.2, 0) is 19.1 Å². The minimum Gasteiger partial charge on any atom is -0.490 e. The zero-order valence-electron chi connectivity index (χ0n) is 30.8. The molecule has 3 aromatic carbocycles. The number of benzene rings is 3. The first-order valence-electron chi connectivity index (χ1n) is 17.1. The monoisotopic (exact) mass is 772 g/mol. The summed E-state index contributed by atoms with van der Waals surface area (Å²) < 4.78 is 21.4. The smallest absolute Gasteiger partial charge is 0.339 e. The highest BCUT2D eigenvalue weighted by molar-refractivity contribution is 6.08. The van der Waals surface area contributed by atoms with Crippen LogP contribution in [0.2, 0.25) is 0 Å². The second-order valence-corrected chi connectivity index (χ2v) is 13.6. The van der Waals surface area contributed by atoms with Gasteiger partial charge in [0.25, 0.3) is 0 Å². The molecule has 1 aliphatic rings. The van der Waals surface area contributed by atoms with Crippen molar-refractivity contribution in [3.05, 3.63) is 119 Å². The van der Waals surface area contributed by atoms with Gasteiger partial charge in [0.1, 0.15) is 49.1 Å². The van der Waals surface area contributed by atoms with E-state index >= 15 is 0 Å². The molecule has 0 saturated carbocycles. The normalized spacial score (nSPS) is 16.4. The molecule has 0 aliphatic heterocycles. The van der Waals surface area contributed by atoms with Crippen LogP contribution in [0.25, 0.3) is 0 Å². The lowest BCUT2D eigenvalue weighted by molar-refractivity contribution is -0.162. The zero-order chi connectivity index (χ0) is 41.4. The number of aliphatic carboxylic acids is 1. The summed E-state index contributed by atoms with van der Waals surface area (Å²) >= 11 is 0. The first kappa shape index (κ1) is 42.3. The number of carboxylic acid groups (broad SMARTS) is 2. The maximum Gasteiger partial charge on any atom is 0.339 e. The van der Waals surface area contributed by atoms with E-state index in [1.807, 2.05) is 0 Å². The zero-order valence-corrected chi connectivity index (χ0v) is 30.8. The number of Topliss-reactive ketones (excluding diaryl/α,β-unsaturated/α-hetero) is 3. The molecule has 4 N–H and O–H groups in total. The molecule has 294 valence electrons. The van der Waals surface area contributed by atoms with E-state index in [2.05, 4.69) is 0 Å². The minimum atomic E-state index is -2.27. The third-order valence-electron chi connectivity index (χ3n) is 8.40. The Morgan fingerprint density at radius 1 is 0.607 bits per heavy atom. The average Bonchev–Trinajstić information content (AvgIpc) is 3.16. The van der Waals surface area contributed by atoms with Gasteiger partial charge in [-0.2, -0.15) is 0 Å². The molecule has 0 spiro atoms. The van der Waals surface area contributed by atoms with Crippen LogP contribution in [0.5, 0.6) is 11.5 Å². The molecular weight excluding hydrogens is 732 g/mol. The lowest BCUT2D eigenvalue weighted by Gasteiger charge is -2.24. The number of allylic oxidation sites excluding steroid dienone is 2. The number of rotatable bonds is 18. The number of hydrogen-bond acceptors (Lipinski definition) is 13. The molecule has 15 heteroatoms. The molecule has 1 aliphatic carbocycles. The molecule has 0 saturated heterocycles. The molecule has 0 heterocycles. The second kappa shape index (κ2) is 17.3. The summed E-state index contributed by atoms with van der Waals surface area (Å²) in [6.45, 7) is 4.49. The topological polar surface area (TPSA) is 237 Å². The van der Waals surface area contributed by atoms with Gasteiger partial charge in [-0.05, 0) is 88.4 Å².